The van der Waals surface area contributed by atoms with E-state index in [0.29, 0.717) is 27.4 Å². The average molecular weight is 380 g/mol. The molecule has 3 nitrogen and oxygen atoms in total. The highest BCUT2D eigenvalue weighted by atomic mass is 35.5. The van der Waals surface area contributed by atoms with E-state index in [0.717, 1.165) is 22.9 Å². The molecule has 22 heavy (non-hydrogen) atoms. The zero-order chi connectivity index (χ0) is 15.2. The van der Waals surface area contributed by atoms with Gasteiger partial charge in [-0.15, -0.1) is 23.7 Å². The van der Waals surface area contributed by atoms with Gasteiger partial charge in [-0.1, -0.05) is 29.3 Å². The molecule has 1 unspecified atom stereocenters. The van der Waals surface area contributed by atoms with E-state index in [2.05, 4.69) is 5.32 Å². The van der Waals surface area contributed by atoms with Crippen LogP contribution in [0.15, 0.2) is 18.2 Å². The van der Waals surface area contributed by atoms with Crippen molar-refractivity contribution in [2.75, 3.05) is 6.54 Å². The number of nitrogens with two attached hydrogens (primary N) is 1. The fourth-order valence-electron chi connectivity index (χ4n) is 2.54. The van der Waals surface area contributed by atoms with Crippen molar-refractivity contribution >= 4 is 62.9 Å². The van der Waals surface area contributed by atoms with Crippen molar-refractivity contribution in [3.05, 3.63) is 33.1 Å². The minimum Gasteiger partial charge on any atom is -0.345 e. The van der Waals surface area contributed by atoms with Crippen molar-refractivity contribution in [3.8, 4) is 0 Å². The molecule has 1 aliphatic carbocycles. The Labute approximate surface area is 149 Å². The second kappa shape index (κ2) is 6.54. The molecule has 0 aliphatic heterocycles. The van der Waals surface area contributed by atoms with E-state index in [1.807, 2.05) is 19.1 Å². The lowest BCUT2D eigenvalue weighted by Gasteiger charge is -2.29. The Hall–Kier alpha value is -0.520. The van der Waals surface area contributed by atoms with Gasteiger partial charge in [-0.3, -0.25) is 4.79 Å². The number of hydrogen-bond acceptors (Lipinski definition) is 3. The van der Waals surface area contributed by atoms with Crippen LogP contribution in [0.25, 0.3) is 10.1 Å². The summed E-state index contributed by atoms with van der Waals surface area (Å²) in [7, 11) is 0. The minimum atomic E-state index is -0.353. The number of thiophene rings is 1. The Bertz CT molecular complexity index is 714. The average Bonchev–Trinajstić information content (AvgIpc) is 3.25. The number of rotatable bonds is 4. The van der Waals surface area contributed by atoms with Gasteiger partial charge in [0.25, 0.3) is 5.91 Å². The van der Waals surface area contributed by atoms with Gasteiger partial charge in [0.1, 0.15) is 4.88 Å². The largest absolute Gasteiger partial charge is 0.345 e. The molecule has 1 amide bonds. The summed E-state index contributed by atoms with van der Waals surface area (Å²) in [5.74, 6) is 0.311. The molecule has 0 bridgehead atoms. The van der Waals surface area contributed by atoms with Crippen molar-refractivity contribution < 1.29 is 4.79 Å². The van der Waals surface area contributed by atoms with Crippen LogP contribution < -0.4 is 11.1 Å². The molecule has 2 aromatic rings. The number of benzene rings is 1. The van der Waals surface area contributed by atoms with Gasteiger partial charge in [0.15, 0.2) is 0 Å². The maximum absolute atomic E-state index is 12.6. The summed E-state index contributed by atoms with van der Waals surface area (Å²) in [5, 5.41) is 5.05. The molecule has 1 aromatic heterocycles. The van der Waals surface area contributed by atoms with Gasteiger partial charge in [0, 0.05) is 21.7 Å². The zero-order valence-corrected chi connectivity index (χ0v) is 15.1. The predicted molar refractivity (Wildman–Crippen MR) is 96.7 cm³/mol. The van der Waals surface area contributed by atoms with Crippen LogP contribution in [0.2, 0.25) is 10.0 Å². The topological polar surface area (TPSA) is 55.1 Å². The number of nitrogens with one attached hydrogen (secondary N) is 1. The summed E-state index contributed by atoms with van der Waals surface area (Å²) < 4.78 is 0.915. The molecule has 1 aliphatic rings. The van der Waals surface area contributed by atoms with Crippen LogP contribution in [0.5, 0.6) is 0 Å². The van der Waals surface area contributed by atoms with Crippen molar-refractivity contribution in [3.63, 3.8) is 0 Å². The number of halogens is 3. The van der Waals surface area contributed by atoms with Crippen molar-refractivity contribution in [2.24, 2.45) is 11.7 Å². The molecule has 3 N–H and O–H groups in total. The number of amides is 1. The lowest BCUT2D eigenvalue weighted by atomic mass is 9.96. The lowest BCUT2D eigenvalue weighted by Crippen LogP contribution is -2.53. The third kappa shape index (κ3) is 3.22. The first-order valence-electron chi connectivity index (χ1n) is 6.85. The smallest absolute Gasteiger partial charge is 0.263 e. The number of carbonyl (C=O) groups excluding carboxylic acids is 1. The summed E-state index contributed by atoms with van der Waals surface area (Å²) >= 11 is 13.7. The normalized spacial score (nSPS) is 16.9. The number of carbonyl (C=O) groups is 1. The molecule has 1 atom stereocenters. The summed E-state index contributed by atoms with van der Waals surface area (Å²) in [5.41, 5.74) is 5.49. The zero-order valence-electron chi connectivity index (χ0n) is 12.0. The van der Waals surface area contributed by atoms with Crippen LogP contribution >= 0.6 is 46.9 Å². The van der Waals surface area contributed by atoms with Crippen molar-refractivity contribution in [1.82, 2.24) is 5.32 Å². The van der Waals surface area contributed by atoms with E-state index in [1.54, 1.807) is 6.07 Å². The van der Waals surface area contributed by atoms with E-state index in [4.69, 9.17) is 28.9 Å². The molecule has 1 saturated carbocycles. The highest BCUT2D eigenvalue weighted by molar-refractivity contribution is 7.21. The maximum Gasteiger partial charge on any atom is 0.263 e. The highest BCUT2D eigenvalue weighted by Crippen LogP contribution is 2.40. The van der Waals surface area contributed by atoms with Gasteiger partial charge in [-0.25, -0.2) is 0 Å². The Morgan fingerprint density at radius 2 is 2.14 bits per heavy atom. The predicted octanol–water partition coefficient (Wildman–Crippen LogP) is 4.49. The first-order valence-corrected chi connectivity index (χ1v) is 8.42. The summed E-state index contributed by atoms with van der Waals surface area (Å²) in [6.07, 6.45) is 2.23. The summed E-state index contributed by atoms with van der Waals surface area (Å²) in [6, 6.07) is 5.45. The standard InChI is InChI=1S/C15H16Cl2N2OS.ClH/c1-15(7-18,8-2-3-8)19-14(20)13-12(17)10-5-4-9(16)6-11(10)21-13;/h4-6,8H,2-3,7,18H2,1H3,(H,19,20);1H. The van der Waals surface area contributed by atoms with Crippen LogP contribution in [0.4, 0.5) is 0 Å². The quantitative estimate of drug-likeness (QED) is 0.822. The summed E-state index contributed by atoms with van der Waals surface area (Å²) in [6.45, 7) is 2.43. The van der Waals surface area contributed by atoms with Gasteiger partial charge < -0.3 is 11.1 Å². The van der Waals surface area contributed by atoms with E-state index < -0.39 is 0 Å². The van der Waals surface area contributed by atoms with E-state index in [1.165, 1.54) is 11.3 Å². The summed E-state index contributed by atoms with van der Waals surface area (Å²) in [4.78, 5) is 13.1. The molecule has 7 heteroatoms. The fraction of sp³-hybridized carbons (Fsp3) is 0.400. The fourth-order valence-corrected chi connectivity index (χ4v) is 4.23. The molecule has 0 radical (unpaired) electrons. The first kappa shape index (κ1) is 17.8. The second-order valence-corrected chi connectivity index (χ2v) is 7.60. The SMILES string of the molecule is CC(CN)(NC(=O)c1sc2cc(Cl)ccc2c1Cl)C1CC1.Cl. The first-order chi connectivity index (χ1) is 9.94. The molecule has 3 rings (SSSR count). The van der Waals surface area contributed by atoms with E-state index in [9.17, 15) is 4.79 Å². The number of fused-ring (bicyclic) bond motifs is 1. The molecule has 1 heterocycles. The maximum atomic E-state index is 12.6. The Kier molecular flexibility index (Phi) is 5.30. The number of hydrogen-bond donors (Lipinski definition) is 2. The van der Waals surface area contributed by atoms with Crippen molar-refractivity contribution in [2.45, 2.75) is 25.3 Å². The second-order valence-electron chi connectivity index (χ2n) is 5.74. The van der Waals surface area contributed by atoms with Crippen LogP contribution in [0, 0.1) is 5.92 Å². The monoisotopic (exact) mass is 378 g/mol. The van der Waals surface area contributed by atoms with Gasteiger partial charge in [-0.05, 0) is 37.8 Å². The molecular formula is C15H17Cl3N2OS. The third-order valence-electron chi connectivity index (χ3n) is 4.10. The Morgan fingerprint density at radius 3 is 2.73 bits per heavy atom. The van der Waals surface area contributed by atoms with Crippen LogP contribution in [0.1, 0.15) is 29.4 Å². The molecule has 1 fully saturated rings. The van der Waals surface area contributed by atoms with Gasteiger partial charge in [0.05, 0.1) is 10.6 Å². The van der Waals surface area contributed by atoms with E-state index in [-0.39, 0.29) is 23.9 Å². The van der Waals surface area contributed by atoms with Crippen LogP contribution in [-0.2, 0) is 0 Å². The van der Waals surface area contributed by atoms with E-state index >= 15 is 0 Å². The third-order valence-corrected chi connectivity index (χ3v) is 5.99. The molecule has 0 spiro atoms. The Balaban J connectivity index is 0.00000176. The van der Waals surface area contributed by atoms with Gasteiger partial charge in [0.2, 0.25) is 0 Å². The van der Waals surface area contributed by atoms with Crippen LogP contribution in [0.3, 0.4) is 0 Å². The van der Waals surface area contributed by atoms with Gasteiger partial charge in [-0.2, -0.15) is 0 Å². The molecule has 120 valence electrons. The molecule has 1 aromatic carbocycles. The van der Waals surface area contributed by atoms with Crippen LogP contribution in [-0.4, -0.2) is 18.0 Å². The Morgan fingerprint density at radius 1 is 1.45 bits per heavy atom. The van der Waals surface area contributed by atoms with Gasteiger partial charge >= 0.3 is 0 Å². The highest BCUT2D eigenvalue weighted by Gasteiger charge is 2.42. The minimum absolute atomic E-state index is 0. The molecular weight excluding hydrogens is 363 g/mol. The van der Waals surface area contributed by atoms with Crippen molar-refractivity contribution in [1.29, 1.82) is 0 Å². The lowest BCUT2D eigenvalue weighted by molar-refractivity contribution is 0.0902. The molecule has 0 saturated heterocycles.